The van der Waals surface area contributed by atoms with Crippen molar-refractivity contribution in [3.63, 3.8) is 0 Å². The summed E-state index contributed by atoms with van der Waals surface area (Å²) in [5, 5.41) is 4.64. The van der Waals surface area contributed by atoms with Gasteiger partial charge in [0.2, 0.25) is 5.89 Å². The van der Waals surface area contributed by atoms with Crippen molar-refractivity contribution in [1.82, 2.24) is 10.3 Å². The highest BCUT2D eigenvalue weighted by Gasteiger charge is 2.21. The van der Waals surface area contributed by atoms with Gasteiger partial charge in [-0.05, 0) is 12.5 Å². The quantitative estimate of drug-likeness (QED) is 0.934. The van der Waals surface area contributed by atoms with Crippen LogP contribution in [-0.2, 0) is 6.54 Å². The molecule has 0 fully saturated rings. The first kappa shape index (κ1) is 12.3. The molecule has 3 rings (SSSR count). The van der Waals surface area contributed by atoms with Crippen molar-refractivity contribution in [2.45, 2.75) is 18.7 Å². The lowest BCUT2D eigenvalue weighted by molar-refractivity contribution is 0.466. The van der Waals surface area contributed by atoms with Crippen LogP contribution in [0.4, 0.5) is 0 Å². The van der Waals surface area contributed by atoms with Crippen molar-refractivity contribution >= 4 is 16.9 Å². The van der Waals surface area contributed by atoms with Gasteiger partial charge < -0.3 is 9.73 Å². The van der Waals surface area contributed by atoms with Gasteiger partial charge in [-0.3, -0.25) is 4.99 Å². The van der Waals surface area contributed by atoms with Crippen molar-refractivity contribution in [1.29, 1.82) is 0 Å². The number of oxazole rings is 1. The zero-order valence-corrected chi connectivity index (χ0v) is 11.5. The summed E-state index contributed by atoms with van der Waals surface area (Å²) in [6.45, 7) is 3.30. The lowest BCUT2D eigenvalue weighted by atomic mass is 10.1. The molecule has 5 heteroatoms. The maximum atomic E-state index is 5.42. The molecule has 0 saturated carbocycles. The molecule has 1 N–H and O–H groups in total. The van der Waals surface area contributed by atoms with Gasteiger partial charge in [0.05, 0.1) is 24.5 Å². The van der Waals surface area contributed by atoms with Crippen LogP contribution in [-0.4, -0.2) is 16.7 Å². The van der Waals surface area contributed by atoms with Crippen molar-refractivity contribution < 1.29 is 4.42 Å². The normalized spacial score (nSPS) is 18.4. The van der Waals surface area contributed by atoms with Crippen LogP contribution in [0.1, 0.15) is 22.5 Å². The first-order chi connectivity index (χ1) is 9.31. The minimum Gasteiger partial charge on any atom is -0.444 e. The van der Waals surface area contributed by atoms with E-state index in [1.54, 1.807) is 18.0 Å². The smallest absolute Gasteiger partial charge is 0.213 e. The van der Waals surface area contributed by atoms with Gasteiger partial charge in [-0.2, -0.15) is 0 Å². The van der Waals surface area contributed by atoms with Gasteiger partial charge in [0, 0.05) is 0 Å². The second kappa shape index (κ2) is 5.48. The molecule has 1 aliphatic heterocycles. The molecule has 0 spiro atoms. The zero-order valence-electron chi connectivity index (χ0n) is 10.7. The van der Waals surface area contributed by atoms with Gasteiger partial charge >= 0.3 is 0 Å². The number of hydrogen-bond acceptors (Lipinski definition) is 5. The summed E-state index contributed by atoms with van der Waals surface area (Å²) < 4.78 is 5.42. The van der Waals surface area contributed by atoms with Crippen LogP contribution < -0.4 is 5.32 Å². The number of aromatic nitrogens is 1. The van der Waals surface area contributed by atoms with Gasteiger partial charge in [-0.25, -0.2) is 4.98 Å². The van der Waals surface area contributed by atoms with Crippen LogP contribution in [0.3, 0.4) is 0 Å². The molecule has 1 unspecified atom stereocenters. The average molecular weight is 273 g/mol. The fourth-order valence-electron chi connectivity index (χ4n) is 1.95. The van der Waals surface area contributed by atoms with Crippen molar-refractivity contribution in [2.75, 3.05) is 6.54 Å². The topological polar surface area (TPSA) is 50.4 Å². The number of nitrogens with zero attached hydrogens (tertiary/aromatic N) is 2. The van der Waals surface area contributed by atoms with Crippen LogP contribution in [0.5, 0.6) is 0 Å². The third-order valence-corrected chi connectivity index (χ3v) is 4.09. The van der Waals surface area contributed by atoms with Crippen LogP contribution >= 0.6 is 11.8 Å². The van der Waals surface area contributed by atoms with E-state index in [2.05, 4.69) is 39.6 Å². The number of nitrogens with one attached hydrogen (secondary N) is 1. The number of aryl methyl sites for hydroxylation is 1. The molecular weight excluding hydrogens is 258 g/mol. The first-order valence-electron chi connectivity index (χ1n) is 6.22. The van der Waals surface area contributed by atoms with Crippen LogP contribution in [0.15, 0.2) is 45.9 Å². The molecule has 1 aliphatic rings. The highest BCUT2D eigenvalue weighted by molar-refractivity contribution is 8.14. The van der Waals surface area contributed by atoms with E-state index in [1.165, 1.54) is 5.56 Å². The Balaban J connectivity index is 1.54. The summed E-state index contributed by atoms with van der Waals surface area (Å²) in [4.78, 5) is 8.67. The van der Waals surface area contributed by atoms with Crippen LogP contribution in [0.25, 0.3) is 0 Å². The fraction of sp³-hybridized carbons (Fsp3) is 0.286. The van der Waals surface area contributed by atoms with Crippen molar-refractivity contribution in [3.8, 4) is 0 Å². The Labute approximate surface area is 116 Å². The Morgan fingerprint density at radius 2 is 2.21 bits per heavy atom. The SMILES string of the molecule is Cc1cnc(CNC2=NCC(c3ccccc3)S2)o1. The van der Waals surface area contributed by atoms with E-state index < -0.39 is 0 Å². The molecule has 0 aliphatic carbocycles. The second-order valence-corrected chi connectivity index (χ2v) is 5.57. The maximum absolute atomic E-state index is 5.42. The molecule has 1 aromatic carbocycles. The average Bonchev–Trinajstić information content (AvgIpc) is 3.06. The highest BCUT2D eigenvalue weighted by atomic mass is 32.2. The third-order valence-electron chi connectivity index (χ3n) is 2.89. The number of amidine groups is 1. The summed E-state index contributed by atoms with van der Waals surface area (Å²) in [5.74, 6) is 1.53. The number of benzene rings is 1. The van der Waals surface area contributed by atoms with Gasteiger partial charge in [0.25, 0.3) is 0 Å². The molecule has 4 nitrogen and oxygen atoms in total. The summed E-state index contributed by atoms with van der Waals surface area (Å²) in [5.41, 5.74) is 1.32. The van der Waals surface area contributed by atoms with E-state index >= 15 is 0 Å². The van der Waals surface area contributed by atoms with E-state index in [0.29, 0.717) is 17.7 Å². The van der Waals surface area contributed by atoms with Crippen molar-refractivity contribution in [3.05, 3.63) is 53.7 Å². The number of aliphatic imine (C=N–C) groups is 1. The number of hydrogen-bond donors (Lipinski definition) is 1. The highest BCUT2D eigenvalue weighted by Crippen LogP contribution is 2.34. The Morgan fingerprint density at radius 1 is 1.37 bits per heavy atom. The van der Waals surface area contributed by atoms with Gasteiger partial charge in [-0.15, -0.1) is 0 Å². The summed E-state index contributed by atoms with van der Waals surface area (Å²) >= 11 is 1.76. The van der Waals surface area contributed by atoms with Crippen LogP contribution in [0, 0.1) is 6.92 Å². The lowest BCUT2D eigenvalue weighted by Crippen LogP contribution is -2.18. The standard InChI is InChI=1S/C14H15N3OS/c1-10-7-15-13(18-10)9-17-14-16-8-12(19-14)11-5-3-2-4-6-11/h2-7,12H,8-9H2,1H3,(H,16,17). The summed E-state index contributed by atoms with van der Waals surface area (Å²) in [6.07, 6.45) is 1.73. The molecule has 0 amide bonds. The Kier molecular flexibility index (Phi) is 3.55. The van der Waals surface area contributed by atoms with E-state index in [0.717, 1.165) is 17.5 Å². The first-order valence-corrected chi connectivity index (χ1v) is 7.10. The fourth-order valence-corrected chi connectivity index (χ4v) is 2.96. The molecule has 19 heavy (non-hydrogen) atoms. The number of rotatable bonds is 3. The number of thioether (sulfide) groups is 1. The zero-order chi connectivity index (χ0) is 13.1. The Bertz CT molecular complexity index is 579. The van der Waals surface area contributed by atoms with Crippen molar-refractivity contribution in [2.24, 2.45) is 4.99 Å². The van der Waals surface area contributed by atoms with Gasteiger partial charge in [0.1, 0.15) is 5.76 Å². The van der Waals surface area contributed by atoms with E-state index in [9.17, 15) is 0 Å². The third kappa shape index (κ3) is 2.98. The van der Waals surface area contributed by atoms with E-state index in [-0.39, 0.29) is 0 Å². The summed E-state index contributed by atoms with van der Waals surface area (Å²) in [7, 11) is 0. The predicted molar refractivity (Wildman–Crippen MR) is 77.2 cm³/mol. The molecule has 1 atom stereocenters. The minimum atomic E-state index is 0.412. The molecule has 1 aromatic heterocycles. The monoisotopic (exact) mass is 273 g/mol. The second-order valence-electron chi connectivity index (χ2n) is 4.38. The van der Waals surface area contributed by atoms with Gasteiger partial charge in [-0.1, -0.05) is 42.1 Å². The van der Waals surface area contributed by atoms with E-state index in [1.807, 2.05) is 13.0 Å². The largest absolute Gasteiger partial charge is 0.444 e. The minimum absolute atomic E-state index is 0.412. The predicted octanol–water partition coefficient (Wildman–Crippen LogP) is 2.92. The lowest BCUT2D eigenvalue weighted by Gasteiger charge is -2.08. The molecule has 2 aromatic rings. The molecule has 0 saturated heterocycles. The molecule has 98 valence electrons. The molecular formula is C14H15N3OS. The van der Waals surface area contributed by atoms with E-state index in [4.69, 9.17) is 4.42 Å². The Hall–Kier alpha value is -1.75. The molecule has 0 bridgehead atoms. The van der Waals surface area contributed by atoms with Crippen LogP contribution in [0.2, 0.25) is 0 Å². The summed E-state index contributed by atoms with van der Waals surface area (Å²) in [6, 6.07) is 10.5. The molecule has 2 heterocycles. The Morgan fingerprint density at radius 3 is 2.95 bits per heavy atom. The maximum Gasteiger partial charge on any atom is 0.213 e. The molecule has 0 radical (unpaired) electrons. The van der Waals surface area contributed by atoms with Gasteiger partial charge in [0.15, 0.2) is 5.17 Å².